The van der Waals surface area contributed by atoms with Crippen molar-refractivity contribution in [3.05, 3.63) is 23.8 Å². The van der Waals surface area contributed by atoms with Gasteiger partial charge in [0.05, 0.1) is 26.9 Å². The molecule has 1 fully saturated rings. The fraction of sp³-hybridized carbons (Fsp3) is 0.625. The molecule has 5 nitrogen and oxygen atoms in total. The van der Waals surface area contributed by atoms with Gasteiger partial charge in [-0.2, -0.15) is 0 Å². The predicted molar refractivity (Wildman–Crippen MR) is 81.1 cm³/mol. The summed E-state index contributed by atoms with van der Waals surface area (Å²) in [6, 6.07) is 5.94. The monoisotopic (exact) mass is 295 g/mol. The third kappa shape index (κ3) is 4.33. The van der Waals surface area contributed by atoms with Crippen molar-refractivity contribution in [2.75, 3.05) is 47.6 Å². The highest BCUT2D eigenvalue weighted by Crippen LogP contribution is 2.37. The number of hydrogen-bond donors (Lipinski definition) is 1. The standard InChI is InChI=1S/C16H25NO4/c1-18-7-5-17-11-12-4-6-21-16(12)13-8-14(19-2)10-15(9-13)20-3/h8-10,12,16-17H,4-7,11H2,1-3H3. The highest BCUT2D eigenvalue weighted by Gasteiger charge is 2.30. The molecule has 1 heterocycles. The van der Waals surface area contributed by atoms with Crippen molar-refractivity contribution in [2.45, 2.75) is 12.5 Å². The molecule has 1 aromatic carbocycles. The maximum Gasteiger partial charge on any atom is 0.122 e. The van der Waals surface area contributed by atoms with E-state index in [1.165, 1.54) is 0 Å². The van der Waals surface area contributed by atoms with Crippen LogP contribution in [0.15, 0.2) is 18.2 Å². The maximum atomic E-state index is 5.93. The Hall–Kier alpha value is -1.30. The van der Waals surface area contributed by atoms with Gasteiger partial charge in [-0.3, -0.25) is 0 Å². The van der Waals surface area contributed by atoms with Crippen molar-refractivity contribution in [3.63, 3.8) is 0 Å². The molecule has 1 aromatic rings. The third-order valence-corrected chi connectivity index (χ3v) is 3.81. The summed E-state index contributed by atoms with van der Waals surface area (Å²) in [5.74, 6) is 2.05. The van der Waals surface area contributed by atoms with Gasteiger partial charge in [0.2, 0.25) is 0 Å². The molecule has 2 unspecified atom stereocenters. The molecule has 1 saturated heterocycles. The van der Waals surface area contributed by atoms with E-state index < -0.39 is 0 Å². The lowest BCUT2D eigenvalue weighted by Crippen LogP contribution is -2.27. The Morgan fingerprint density at radius 2 is 1.86 bits per heavy atom. The van der Waals surface area contributed by atoms with Crippen molar-refractivity contribution in [1.29, 1.82) is 0 Å². The SMILES string of the molecule is COCCNCC1CCOC1c1cc(OC)cc(OC)c1. The molecule has 0 bridgehead atoms. The average molecular weight is 295 g/mol. The predicted octanol–water partition coefficient (Wildman–Crippen LogP) is 2.02. The average Bonchev–Trinajstić information content (AvgIpc) is 2.99. The fourth-order valence-electron chi connectivity index (χ4n) is 2.67. The molecule has 118 valence electrons. The topological polar surface area (TPSA) is 49.0 Å². The molecule has 0 spiro atoms. The van der Waals surface area contributed by atoms with Gasteiger partial charge in [-0.15, -0.1) is 0 Å². The molecule has 0 aliphatic carbocycles. The highest BCUT2D eigenvalue weighted by atomic mass is 16.5. The minimum Gasteiger partial charge on any atom is -0.497 e. The van der Waals surface area contributed by atoms with Gasteiger partial charge in [-0.1, -0.05) is 0 Å². The van der Waals surface area contributed by atoms with Crippen molar-refractivity contribution < 1.29 is 18.9 Å². The van der Waals surface area contributed by atoms with Gasteiger partial charge in [0.25, 0.3) is 0 Å². The van der Waals surface area contributed by atoms with Crippen molar-refractivity contribution in [3.8, 4) is 11.5 Å². The fourth-order valence-corrected chi connectivity index (χ4v) is 2.67. The summed E-state index contributed by atoms with van der Waals surface area (Å²) in [6.45, 7) is 3.31. The van der Waals surface area contributed by atoms with Crippen LogP contribution in [-0.2, 0) is 9.47 Å². The van der Waals surface area contributed by atoms with Gasteiger partial charge >= 0.3 is 0 Å². The highest BCUT2D eigenvalue weighted by molar-refractivity contribution is 5.39. The van der Waals surface area contributed by atoms with Gasteiger partial charge < -0.3 is 24.3 Å². The first-order chi connectivity index (χ1) is 10.3. The van der Waals surface area contributed by atoms with E-state index in [4.69, 9.17) is 18.9 Å². The van der Waals surface area contributed by atoms with E-state index in [-0.39, 0.29) is 6.10 Å². The number of benzene rings is 1. The summed E-state index contributed by atoms with van der Waals surface area (Å²) in [4.78, 5) is 0. The van der Waals surface area contributed by atoms with Crippen LogP contribution < -0.4 is 14.8 Å². The van der Waals surface area contributed by atoms with E-state index in [0.29, 0.717) is 5.92 Å². The molecule has 1 N–H and O–H groups in total. The van der Waals surface area contributed by atoms with Crippen LogP contribution in [0.3, 0.4) is 0 Å². The van der Waals surface area contributed by atoms with Crippen LogP contribution in [0, 0.1) is 5.92 Å². The Morgan fingerprint density at radius 3 is 2.48 bits per heavy atom. The van der Waals surface area contributed by atoms with Crippen LogP contribution in [0.4, 0.5) is 0 Å². The van der Waals surface area contributed by atoms with Gasteiger partial charge in [0, 0.05) is 38.8 Å². The quantitative estimate of drug-likeness (QED) is 0.744. The Bertz CT molecular complexity index is 416. The Balaban J connectivity index is 2.04. The van der Waals surface area contributed by atoms with Crippen molar-refractivity contribution >= 4 is 0 Å². The van der Waals surface area contributed by atoms with Gasteiger partial charge in [-0.25, -0.2) is 0 Å². The summed E-state index contributed by atoms with van der Waals surface area (Å²) in [5.41, 5.74) is 1.11. The zero-order chi connectivity index (χ0) is 15.1. The van der Waals surface area contributed by atoms with Gasteiger partial charge in [0.15, 0.2) is 0 Å². The van der Waals surface area contributed by atoms with Crippen LogP contribution in [0.2, 0.25) is 0 Å². The van der Waals surface area contributed by atoms with Gasteiger partial charge in [0.1, 0.15) is 11.5 Å². The number of nitrogens with one attached hydrogen (secondary N) is 1. The zero-order valence-electron chi connectivity index (χ0n) is 13.1. The first-order valence-electron chi connectivity index (χ1n) is 7.32. The first-order valence-corrected chi connectivity index (χ1v) is 7.32. The normalized spacial score (nSPS) is 21.5. The molecular weight excluding hydrogens is 270 g/mol. The van der Waals surface area contributed by atoms with Crippen LogP contribution in [-0.4, -0.2) is 47.6 Å². The molecule has 5 heteroatoms. The summed E-state index contributed by atoms with van der Waals surface area (Å²) in [7, 11) is 5.04. The van der Waals surface area contributed by atoms with E-state index >= 15 is 0 Å². The van der Waals surface area contributed by atoms with E-state index in [1.54, 1.807) is 21.3 Å². The number of methoxy groups -OCH3 is 3. The first kappa shape index (κ1) is 16.1. The summed E-state index contributed by atoms with van der Waals surface area (Å²) in [5, 5.41) is 3.42. The smallest absolute Gasteiger partial charge is 0.122 e. The van der Waals surface area contributed by atoms with Crippen molar-refractivity contribution in [2.24, 2.45) is 5.92 Å². The lowest BCUT2D eigenvalue weighted by molar-refractivity contribution is 0.0894. The van der Waals surface area contributed by atoms with E-state index in [9.17, 15) is 0 Å². The molecule has 0 amide bonds. The minimum absolute atomic E-state index is 0.0871. The largest absolute Gasteiger partial charge is 0.497 e. The van der Waals surface area contributed by atoms with E-state index in [1.807, 2.05) is 18.2 Å². The van der Waals surface area contributed by atoms with E-state index in [2.05, 4.69) is 5.32 Å². The molecule has 2 atom stereocenters. The summed E-state index contributed by atoms with van der Waals surface area (Å²) in [6.07, 6.45) is 1.15. The lowest BCUT2D eigenvalue weighted by Gasteiger charge is -2.20. The second-order valence-electron chi connectivity index (χ2n) is 5.18. The van der Waals surface area contributed by atoms with E-state index in [0.717, 1.165) is 49.8 Å². The van der Waals surface area contributed by atoms with Crippen LogP contribution >= 0.6 is 0 Å². The van der Waals surface area contributed by atoms with Gasteiger partial charge in [-0.05, 0) is 24.1 Å². The molecule has 1 aliphatic heterocycles. The molecular formula is C16H25NO4. The number of ether oxygens (including phenoxy) is 4. The maximum absolute atomic E-state index is 5.93. The summed E-state index contributed by atoms with van der Waals surface area (Å²) >= 11 is 0. The molecule has 0 aromatic heterocycles. The third-order valence-electron chi connectivity index (χ3n) is 3.81. The number of hydrogen-bond acceptors (Lipinski definition) is 5. The zero-order valence-corrected chi connectivity index (χ0v) is 13.1. The van der Waals surface area contributed by atoms with Crippen molar-refractivity contribution in [1.82, 2.24) is 5.32 Å². The molecule has 1 aliphatic rings. The number of rotatable bonds is 8. The summed E-state index contributed by atoms with van der Waals surface area (Å²) < 4.78 is 21.7. The molecule has 0 saturated carbocycles. The van der Waals surface area contributed by atoms with Crippen LogP contribution in [0.5, 0.6) is 11.5 Å². The Kier molecular flexibility index (Phi) is 6.29. The second kappa shape index (κ2) is 8.22. The molecule has 0 radical (unpaired) electrons. The minimum atomic E-state index is 0.0871. The van der Waals surface area contributed by atoms with Crippen LogP contribution in [0.1, 0.15) is 18.1 Å². The second-order valence-corrected chi connectivity index (χ2v) is 5.18. The molecule has 2 rings (SSSR count). The van der Waals surface area contributed by atoms with Crippen LogP contribution in [0.25, 0.3) is 0 Å². The lowest BCUT2D eigenvalue weighted by atomic mass is 9.95. The molecule has 21 heavy (non-hydrogen) atoms. The Labute approximate surface area is 126 Å². The Morgan fingerprint density at radius 1 is 1.14 bits per heavy atom.